The Bertz CT molecular complexity index is 585. The number of methoxy groups -OCH3 is 1. The molecule has 1 aliphatic heterocycles. The fourth-order valence-electron chi connectivity index (χ4n) is 2.42. The molecule has 118 valence electrons. The predicted molar refractivity (Wildman–Crippen MR) is 84.1 cm³/mol. The molecule has 1 atom stereocenters. The molecule has 0 saturated heterocycles. The summed E-state index contributed by atoms with van der Waals surface area (Å²) in [6.45, 7) is 5.20. The van der Waals surface area contributed by atoms with Gasteiger partial charge in [0.25, 0.3) is 0 Å². The molecule has 0 aromatic heterocycles. The Hall–Kier alpha value is -1.11. The van der Waals surface area contributed by atoms with E-state index < -0.39 is 10.0 Å². The normalized spacial score (nSPS) is 16.4. The molecule has 0 fully saturated rings. The van der Waals surface area contributed by atoms with Crippen molar-refractivity contribution in [1.29, 1.82) is 0 Å². The van der Waals surface area contributed by atoms with Gasteiger partial charge in [0.05, 0.1) is 11.5 Å². The van der Waals surface area contributed by atoms with E-state index in [9.17, 15) is 8.42 Å². The van der Waals surface area contributed by atoms with Gasteiger partial charge in [-0.05, 0) is 36.5 Å². The molecule has 0 spiro atoms. The number of anilines is 1. The van der Waals surface area contributed by atoms with Gasteiger partial charge in [-0.1, -0.05) is 19.9 Å². The molecular weight excluding hydrogens is 288 g/mol. The van der Waals surface area contributed by atoms with Crippen molar-refractivity contribution in [2.45, 2.75) is 37.6 Å². The Morgan fingerprint density at radius 2 is 2.14 bits per heavy atom. The Morgan fingerprint density at radius 1 is 1.38 bits per heavy atom. The second kappa shape index (κ2) is 6.77. The minimum atomic E-state index is -3.53. The largest absolute Gasteiger partial charge is 0.385 e. The van der Waals surface area contributed by atoms with Crippen LogP contribution in [0, 0.1) is 5.92 Å². The molecule has 1 aliphatic rings. The highest BCUT2D eigenvalue weighted by Crippen LogP contribution is 2.25. The highest BCUT2D eigenvalue weighted by molar-refractivity contribution is 7.89. The van der Waals surface area contributed by atoms with Gasteiger partial charge in [-0.2, -0.15) is 0 Å². The summed E-state index contributed by atoms with van der Waals surface area (Å²) in [5.74, 6) is 0.162. The van der Waals surface area contributed by atoms with Gasteiger partial charge in [-0.15, -0.1) is 0 Å². The van der Waals surface area contributed by atoms with Crippen LogP contribution in [0.1, 0.15) is 25.8 Å². The summed E-state index contributed by atoms with van der Waals surface area (Å²) in [5, 5.41) is 3.26. The van der Waals surface area contributed by atoms with E-state index >= 15 is 0 Å². The summed E-state index contributed by atoms with van der Waals surface area (Å²) < 4.78 is 32.9. The maximum Gasteiger partial charge on any atom is 0.240 e. The van der Waals surface area contributed by atoms with E-state index in [2.05, 4.69) is 10.0 Å². The molecule has 0 radical (unpaired) electrons. The SMILES string of the molecule is COCC(NS(=O)(=O)c1ccc2c(c1)NCCC2)C(C)C. The highest BCUT2D eigenvalue weighted by atomic mass is 32.2. The van der Waals surface area contributed by atoms with E-state index in [0.29, 0.717) is 11.5 Å². The van der Waals surface area contributed by atoms with E-state index in [-0.39, 0.29) is 12.0 Å². The summed E-state index contributed by atoms with van der Waals surface area (Å²) >= 11 is 0. The van der Waals surface area contributed by atoms with Gasteiger partial charge < -0.3 is 10.1 Å². The van der Waals surface area contributed by atoms with Crippen LogP contribution < -0.4 is 10.0 Å². The number of hydrogen-bond donors (Lipinski definition) is 2. The van der Waals surface area contributed by atoms with Gasteiger partial charge in [-0.25, -0.2) is 13.1 Å². The van der Waals surface area contributed by atoms with Crippen molar-refractivity contribution in [3.63, 3.8) is 0 Å². The van der Waals surface area contributed by atoms with E-state index in [1.807, 2.05) is 19.9 Å². The average molecular weight is 312 g/mol. The number of nitrogens with one attached hydrogen (secondary N) is 2. The van der Waals surface area contributed by atoms with Crippen molar-refractivity contribution < 1.29 is 13.2 Å². The van der Waals surface area contributed by atoms with Crippen molar-refractivity contribution in [1.82, 2.24) is 4.72 Å². The molecular formula is C15H24N2O3S. The van der Waals surface area contributed by atoms with Crippen LogP contribution in [0.25, 0.3) is 0 Å². The minimum Gasteiger partial charge on any atom is -0.385 e. The Balaban J connectivity index is 2.22. The van der Waals surface area contributed by atoms with E-state index in [1.165, 1.54) is 5.56 Å². The molecule has 2 rings (SSSR count). The zero-order valence-electron chi connectivity index (χ0n) is 12.8. The maximum atomic E-state index is 12.5. The summed E-state index contributed by atoms with van der Waals surface area (Å²) in [6, 6.07) is 5.07. The lowest BCUT2D eigenvalue weighted by Gasteiger charge is -2.23. The van der Waals surface area contributed by atoms with Crippen molar-refractivity contribution in [2.75, 3.05) is 25.6 Å². The van der Waals surface area contributed by atoms with Gasteiger partial charge >= 0.3 is 0 Å². The molecule has 21 heavy (non-hydrogen) atoms. The lowest BCUT2D eigenvalue weighted by atomic mass is 10.0. The van der Waals surface area contributed by atoms with E-state index in [1.54, 1.807) is 19.2 Å². The second-order valence-electron chi connectivity index (χ2n) is 5.78. The van der Waals surface area contributed by atoms with E-state index in [0.717, 1.165) is 25.1 Å². The summed E-state index contributed by atoms with van der Waals surface area (Å²) in [7, 11) is -1.95. The molecule has 5 nitrogen and oxygen atoms in total. The molecule has 2 N–H and O–H groups in total. The molecule has 0 saturated carbocycles. The summed E-state index contributed by atoms with van der Waals surface area (Å²) in [5.41, 5.74) is 2.11. The van der Waals surface area contributed by atoms with Crippen molar-refractivity contribution in [3.8, 4) is 0 Å². The second-order valence-corrected chi connectivity index (χ2v) is 7.49. The van der Waals surface area contributed by atoms with Crippen molar-refractivity contribution in [3.05, 3.63) is 23.8 Å². The summed E-state index contributed by atoms with van der Waals surface area (Å²) in [4.78, 5) is 0.303. The summed E-state index contributed by atoms with van der Waals surface area (Å²) in [6.07, 6.45) is 2.08. The molecule has 1 aromatic rings. The lowest BCUT2D eigenvalue weighted by Crippen LogP contribution is -2.41. The van der Waals surface area contributed by atoms with Gasteiger partial charge in [-0.3, -0.25) is 0 Å². The first-order valence-electron chi connectivity index (χ1n) is 7.32. The van der Waals surface area contributed by atoms with Crippen molar-refractivity contribution in [2.24, 2.45) is 5.92 Å². The molecule has 1 heterocycles. The molecule has 1 aromatic carbocycles. The van der Waals surface area contributed by atoms with Crippen LogP contribution in [0.2, 0.25) is 0 Å². The smallest absolute Gasteiger partial charge is 0.240 e. The average Bonchev–Trinajstić information content (AvgIpc) is 2.46. The number of sulfonamides is 1. The van der Waals surface area contributed by atoms with Gasteiger partial charge in [0.15, 0.2) is 0 Å². The number of hydrogen-bond acceptors (Lipinski definition) is 4. The lowest BCUT2D eigenvalue weighted by molar-refractivity contribution is 0.157. The monoisotopic (exact) mass is 312 g/mol. The fraction of sp³-hybridized carbons (Fsp3) is 0.600. The maximum absolute atomic E-state index is 12.5. The molecule has 6 heteroatoms. The quantitative estimate of drug-likeness (QED) is 0.843. The van der Waals surface area contributed by atoms with Crippen LogP contribution >= 0.6 is 0 Å². The first-order chi connectivity index (χ1) is 9.94. The number of ether oxygens (including phenoxy) is 1. The Kier molecular flexibility index (Phi) is 5.24. The Labute approximate surface area is 127 Å². The minimum absolute atomic E-state index is 0.162. The standard InChI is InChI=1S/C15H24N2O3S/c1-11(2)15(10-20-3)17-21(18,19)13-7-6-12-5-4-8-16-14(12)9-13/h6-7,9,11,15-17H,4-5,8,10H2,1-3H3. The molecule has 0 amide bonds. The molecule has 1 unspecified atom stereocenters. The van der Waals surface area contributed by atoms with E-state index in [4.69, 9.17) is 4.74 Å². The molecule has 0 aliphatic carbocycles. The van der Waals surface area contributed by atoms with Gasteiger partial charge in [0.1, 0.15) is 0 Å². The zero-order chi connectivity index (χ0) is 15.5. The van der Waals surface area contributed by atoms with Crippen LogP contribution in [0.15, 0.2) is 23.1 Å². The fourth-order valence-corrected chi connectivity index (χ4v) is 3.81. The third kappa shape index (κ3) is 3.96. The van der Waals surface area contributed by atoms with Gasteiger partial charge in [0, 0.05) is 25.4 Å². The van der Waals surface area contributed by atoms with Crippen molar-refractivity contribution >= 4 is 15.7 Å². The van der Waals surface area contributed by atoms with Gasteiger partial charge in [0.2, 0.25) is 10.0 Å². The third-order valence-corrected chi connectivity index (χ3v) is 5.28. The number of rotatable bonds is 6. The van der Waals surface area contributed by atoms with Crippen LogP contribution in [0.5, 0.6) is 0 Å². The zero-order valence-corrected chi connectivity index (χ0v) is 13.7. The number of aryl methyl sites for hydroxylation is 1. The van der Waals surface area contributed by atoms with Crippen LogP contribution in [0.3, 0.4) is 0 Å². The first kappa shape index (κ1) is 16.3. The third-order valence-electron chi connectivity index (χ3n) is 3.79. The molecule has 0 bridgehead atoms. The van der Waals surface area contributed by atoms with Crippen LogP contribution in [0.4, 0.5) is 5.69 Å². The number of fused-ring (bicyclic) bond motifs is 1. The topological polar surface area (TPSA) is 67.4 Å². The predicted octanol–water partition coefficient (Wildman–Crippen LogP) is 1.99. The first-order valence-corrected chi connectivity index (χ1v) is 8.80. The highest BCUT2D eigenvalue weighted by Gasteiger charge is 2.23. The Morgan fingerprint density at radius 3 is 2.81 bits per heavy atom. The van der Waals surface area contributed by atoms with Crippen LogP contribution in [-0.4, -0.2) is 34.7 Å². The van der Waals surface area contributed by atoms with Crippen LogP contribution in [-0.2, 0) is 21.2 Å². The number of benzene rings is 1.